The van der Waals surface area contributed by atoms with E-state index in [1.54, 1.807) is 0 Å². The summed E-state index contributed by atoms with van der Waals surface area (Å²) in [6, 6.07) is 11.7. The Morgan fingerprint density at radius 3 is 2.74 bits per heavy atom. The first-order chi connectivity index (χ1) is 13.0. The van der Waals surface area contributed by atoms with Gasteiger partial charge in [-0.15, -0.1) is 0 Å². The van der Waals surface area contributed by atoms with Crippen LogP contribution in [-0.4, -0.2) is 25.1 Å². The molecule has 0 saturated carbocycles. The van der Waals surface area contributed by atoms with Crippen LogP contribution in [0.5, 0.6) is 5.75 Å². The molecule has 27 heavy (non-hydrogen) atoms. The van der Waals surface area contributed by atoms with E-state index in [1.165, 1.54) is 31.7 Å². The van der Waals surface area contributed by atoms with Crippen molar-refractivity contribution in [2.75, 3.05) is 7.11 Å². The number of amides is 1. The molecule has 1 aliphatic carbocycles. The molecule has 142 valence electrons. The van der Waals surface area contributed by atoms with Gasteiger partial charge in [0, 0.05) is 6.07 Å². The third-order valence-corrected chi connectivity index (χ3v) is 4.74. The lowest BCUT2D eigenvalue weighted by Gasteiger charge is -2.27. The van der Waals surface area contributed by atoms with Crippen LogP contribution in [0, 0.1) is 5.82 Å². The molecule has 0 aromatic heterocycles. The molecule has 2 aromatic rings. The van der Waals surface area contributed by atoms with E-state index < -0.39 is 23.8 Å². The van der Waals surface area contributed by atoms with Gasteiger partial charge >= 0.3 is 5.97 Å². The molecule has 1 amide bonds. The molecule has 1 aliphatic rings. The molecule has 0 saturated heterocycles. The third kappa shape index (κ3) is 4.27. The maximum absolute atomic E-state index is 14.0. The number of esters is 1. The summed E-state index contributed by atoms with van der Waals surface area (Å²) in [6.07, 6.45) is 1.76. The number of halogens is 1. The van der Waals surface area contributed by atoms with Crippen molar-refractivity contribution in [1.82, 2.24) is 5.32 Å². The van der Waals surface area contributed by atoms with Crippen LogP contribution in [0.4, 0.5) is 4.39 Å². The molecular formula is C21H22FNO4. The number of ether oxygens (including phenoxy) is 2. The molecular weight excluding hydrogens is 349 g/mol. The van der Waals surface area contributed by atoms with E-state index in [-0.39, 0.29) is 11.6 Å². The average molecular weight is 371 g/mol. The van der Waals surface area contributed by atoms with Gasteiger partial charge in [-0.2, -0.15) is 0 Å². The first-order valence-electron chi connectivity index (χ1n) is 8.92. The second-order valence-corrected chi connectivity index (χ2v) is 6.55. The van der Waals surface area contributed by atoms with Crippen molar-refractivity contribution in [2.24, 2.45) is 0 Å². The van der Waals surface area contributed by atoms with Gasteiger partial charge in [-0.3, -0.25) is 4.79 Å². The molecule has 6 heteroatoms. The average Bonchev–Trinajstić information content (AvgIpc) is 2.67. The van der Waals surface area contributed by atoms with E-state index in [1.807, 2.05) is 18.2 Å². The van der Waals surface area contributed by atoms with Crippen molar-refractivity contribution in [1.29, 1.82) is 0 Å². The molecule has 0 aliphatic heterocycles. The Kier molecular flexibility index (Phi) is 5.74. The van der Waals surface area contributed by atoms with E-state index >= 15 is 0 Å². The number of nitrogens with one attached hydrogen (secondary N) is 1. The summed E-state index contributed by atoms with van der Waals surface area (Å²) >= 11 is 0. The molecule has 3 rings (SSSR count). The standard InChI is InChI=1S/C21H22FNO4/c1-13(27-21(25)17-11-10-15(26-2)12-18(17)22)20(24)23-19-9-5-7-14-6-3-4-8-16(14)19/h3-4,6,8,10-13,19H,5,7,9H2,1-2H3,(H,23,24)/t13-,19-/m0/s1. The third-order valence-electron chi connectivity index (χ3n) is 4.74. The molecule has 0 heterocycles. The lowest BCUT2D eigenvalue weighted by atomic mass is 9.87. The van der Waals surface area contributed by atoms with Crippen molar-refractivity contribution in [2.45, 2.75) is 38.3 Å². The molecule has 1 N–H and O–H groups in total. The summed E-state index contributed by atoms with van der Waals surface area (Å²) in [6.45, 7) is 1.48. The number of rotatable bonds is 5. The first kappa shape index (κ1) is 18.9. The van der Waals surface area contributed by atoms with Gasteiger partial charge in [0.2, 0.25) is 0 Å². The Balaban J connectivity index is 1.64. The number of benzene rings is 2. The minimum atomic E-state index is -1.03. The molecule has 0 spiro atoms. The topological polar surface area (TPSA) is 64.6 Å². The molecule has 2 aromatic carbocycles. The molecule has 0 radical (unpaired) electrons. The van der Waals surface area contributed by atoms with E-state index in [2.05, 4.69) is 11.4 Å². The number of hydrogen-bond acceptors (Lipinski definition) is 4. The Morgan fingerprint density at radius 1 is 1.22 bits per heavy atom. The van der Waals surface area contributed by atoms with Crippen LogP contribution in [0.1, 0.15) is 47.3 Å². The van der Waals surface area contributed by atoms with Gasteiger partial charge < -0.3 is 14.8 Å². The monoisotopic (exact) mass is 371 g/mol. The summed E-state index contributed by atoms with van der Waals surface area (Å²) < 4.78 is 24.1. The van der Waals surface area contributed by atoms with Crippen LogP contribution in [0.15, 0.2) is 42.5 Å². The maximum atomic E-state index is 14.0. The minimum Gasteiger partial charge on any atom is -0.497 e. The normalized spacial score (nSPS) is 16.8. The maximum Gasteiger partial charge on any atom is 0.341 e. The summed E-state index contributed by atoms with van der Waals surface area (Å²) in [5.41, 5.74) is 2.08. The second kappa shape index (κ2) is 8.20. The predicted octanol–water partition coefficient (Wildman–Crippen LogP) is 3.57. The summed E-state index contributed by atoms with van der Waals surface area (Å²) in [7, 11) is 1.41. The Labute approximate surface area is 157 Å². The van der Waals surface area contributed by atoms with E-state index in [4.69, 9.17) is 9.47 Å². The van der Waals surface area contributed by atoms with Gasteiger partial charge in [-0.1, -0.05) is 24.3 Å². The number of hydrogen-bond donors (Lipinski definition) is 1. The first-order valence-corrected chi connectivity index (χ1v) is 8.92. The highest BCUT2D eigenvalue weighted by molar-refractivity contribution is 5.92. The van der Waals surface area contributed by atoms with Crippen LogP contribution in [0.2, 0.25) is 0 Å². The fourth-order valence-electron chi connectivity index (χ4n) is 3.26. The SMILES string of the molecule is COc1ccc(C(=O)O[C@@H](C)C(=O)N[C@H]2CCCc3ccccc32)c(F)c1. The number of fused-ring (bicyclic) bond motifs is 1. The molecule has 0 fully saturated rings. The van der Waals surface area contributed by atoms with Crippen LogP contribution in [0.25, 0.3) is 0 Å². The minimum absolute atomic E-state index is 0.110. The van der Waals surface area contributed by atoms with Crippen molar-refractivity contribution in [3.05, 3.63) is 65.0 Å². The molecule has 0 unspecified atom stereocenters. The highest BCUT2D eigenvalue weighted by atomic mass is 19.1. The van der Waals surface area contributed by atoms with Crippen molar-refractivity contribution in [3.63, 3.8) is 0 Å². The van der Waals surface area contributed by atoms with Gasteiger partial charge in [0.25, 0.3) is 5.91 Å². The van der Waals surface area contributed by atoms with Crippen molar-refractivity contribution >= 4 is 11.9 Å². The van der Waals surface area contributed by atoms with E-state index in [0.29, 0.717) is 5.75 Å². The zero-order chi connectivity index (χ0) is 19.4. The number of carbonyl (C=O) groups is 2. The van der Waals surface area contributed by atoms with Gasteiger partial charge in [-0.05, 0) is 49.4 Å². The Hall–Kier alpha value is -2.89. The zero-order valence-corrected chi connectivity index (χ0v) is 15.3. The van der Waals surface area contributed by atoms with Gasteiger partial charge in [0.1, 0.15) is 11.6 Å². The summed E-state index contributed by atoms with van der Waals surface area (Å²) in [5.74, 6) is -1.75. The molecule has 5 nitrogen and oxygen atoms in total. The summed E-state index contributed by atoms with van der Waals surface area (Å²) in [4.78, 5) is 24.7. The van der Waals surface area contributed by atoms with Crippen LogP contribution in [-0.2, 0) is 16.0 Å². The van der Waals surface area contributed by atoms with Gasteiger partial charge in [-0.25, -0.2) is 9.18 Å². The van der Waals surface area contributed by atoms with Crippen LogP contribution < -0.4 is 10.1 Å². The number of methoxy groups -OCH3 is 1. The largest absolute Gasteiger partial charge is 0.497 e. The lowest BCUT2D eigenvalue weighted by Crippen LogP contribution is -2.39. The molecule has 2 atom stereocenters. The molecule has 0 bridgehead atoms. The van der Waals surface area contributed by atoms with E-state index in [0.717, 1.165) is 30.9 Å². The fraction of sp³-hybridized carbons (Fsp3) is 0.333. The number of aryl methyl sites for hydroxylation is 1. The number of carbonyl (C=O) groups excluding carboxylic acids is 2. The highest BCUT2D eigenvalue weighted by Crippen LogP contribution is 2.29. The van der Waals surface area contributed by atoms with Gasteiger partial charge in [0.15, 0.2) is 6.10 Å². The Morgan fingerprint density at radius 2 is 2.00 bits per heavy atom. The second-order valence-electron chi connectivity index (χ2n) is 6.55. The smallest absolute Gasteiger partial charge is 0.341 e. The van der Waals surface area contributed by atoms with E-state index in [9.17, 15) is 14.0 Å². The van der Waals surface area contributed by atoms with Crippen LogP contribution >= 0.6 is 0 Å². The highest BCUT2D eigenvalue weighted by Gasteiger charge is 2.26. The van der Waals surface area contributed by atoms with Crippen molar-refractivity contribution < 1.29 is 23.5 Å². The zero-order valence-electron chi connectivity index (χ0n) is 15.3. The predicted molar refractivity (Wildman–Crippen MR) is 98.1 cm³/mol. The Bertz CT molecular complexity index is 852. The lowest BCUT2D eigenvalue weighted by molar-refractivity contribution is -0.130. The quantitative estimate of drug-likeness (QED) is 0.816. The van der Waals surface area contributed by atoms with Gasteiger partial charge in [0.05, 0.1) is 18.7 Å². The van der Waals surface area contributed by atoms with Crippen molar-refractivity contribution in [3.8, 4) is 5.75 Å². The van der Waals surface area contributed by atoms with Crippen LogP contribution in [0.3, 0.4) is 0 Å². The fourth-order valence-corrected chi connectivity index (χ4v) is 3.26. The summed E-state index contributed by atoms with van der Waals surface area (Å²) in [5, 5.41) is 2.93.